The Hall–Kier alpha value is -0.280. The van der Waals surface area contributed by atoms with Crippen LogP contribution in [-0.2, 0) is 4.79 Å². The van der Waals surface area contributed by atoms with E-state index >= 15 is 0 Å². The fourth-order valence-electron chi connectivity index (χ4n) is 0.734. The lowest BCUT2D eigenvalue weighted by molar-refractivity contribution is -0.110. The van der Waals surface area contributed by atoms with Crippen LogP contribution in [0.3, 0.4) is 0 Å². The molecule has 0 bridgehead atoms. The first kappa shape index (κ1) is 9.81. The van der Waals surface area contributed by atoms with Gasteiger partial charge in [-0.1, -0.05) is 40.7 Å². The van der Waals surface area contributed by atoms with Crippen LogP contribution in [0.25, 0.3) is 0 Å². The van der Waals surface area contributed by atoms with Gasteiger partial charge in [-0.2, -0.15) is 0 Å². The van der Waals surface area contributed by atoms with Crippen molar-refractivity contribution in [1.82, 2.24) is 0 Å². The van der Waals surface area contributed by atoms with Crippen LogP contribution in [0.4, 0.5) is 0 Å². The molecule has 0 aliphatic rings. The Kier molecular flexibility index (Phi) is 3.82. The first-order chi connectivity index (χ1) is 5.72. The summed E-state index contributed by atoms with van der Waals surface area (Å²) >= 11 is 4.64. The van der Waals surface area contributed by atoms with E-state index in [4.69, 9.17) is 0 Å². The van der Waals surface area contributed by atoms with Crippen molar-refractivity contribution in [2.75, 3.05) is 0 Å². The van der Waals surface area contributed by atoms with Crippen LogP contribution in [0.1, 0.15) is 13.3 Å². The van der Waals surface area contributed by atoms with Crippen LogP contribution in [-0.4, -0.2) is 5.12 Å². The van der Waals surface area contributed by atoms with Crippen molar-refractivity contribution in [3.05, 3.63) is 28.7 Å². The van der Waals surface area contributed by atoms with E-state index in [1.165, 1.54) is 11.8 Å². The minimum absolute atomic E-state index is 0.202. The molecule has 1 nitrogen and oxygen atoms in total. The summed E-state index contributed by atoms with van der Waals surface area (Å²) in [5.41, 5.74) is 0. The Morgan fingerprint density at radius 3 is 2.92 bits per heavy atom. The fourth-order valence-corrected chi connectivity index (χ4v) is 2.02. The minimum atomic E-state index is 0.202. The third kappa shape index (κ3) is 2.99. The molecule has 1 rings (SSSR count). The molecule has 0 spiro atoms. The second kappa shape index (κ2) is 4.67. The molecule has 0 saturated heterocycles. The quantitative estimate of drug-likeness (QED) is 0.742. The summed E-state index contributed by atoms with van der Waals surface area (Å²) in [6.45, 7) is 1.87. The molecule has 0 heterocycles. The molecular formula is C9H9BrOS. The third-order valence-corrected chi connectivity index (χ3v) is 2.82. The number of carbonyl (C=O) groups excluding carboxylic acids is 1. The van der Waals surface area contributed by atoms with Crippen LogP contribution in [0.5, 0.6) is 0 Å². The Morgan fingerprint density at radius 2 is 2.33 bits per heavy atom. The van der Waals surface area contributed by atoms with Gasteiger partial charge in [-0.15, -0.1) is 0 Å². The Balaban J connectivity index is 2.69. The lowest BCUT2D eigenvalue weighted by Gasteiger charge is -1.97. The van der Waals surface area contributed by atoms with E-state index in [2.05, 4.69) is 15.9 Å². The Labute approximate surface area is 84.7 Å². The summed E-state index contributed by atoms with van der Waals surface area (Å²) < 4.78 is 1.01. The molecule has 0 saturated carbocycles. The molecule has 0 aliphatic carbocycles. The van der Waals surface area contributed by atoms with Crippen molar-refractivity contribution in [3.8, 4) is 0 Å². The van der Waals surface area contributed by atoms with Crippen molar-refractivity contribution in [1.29, 1.82) is 0 Å². The predicted molar refractivity (Wildman–Crippen MR) is 55.3 cm³/mol. The predicted octanol–water partition coefficient (Wildman–Crippen LogP) is 3.48. The maximum Gasteiger partial charge on any atom is 0.193 e. The normalized spacial score (nSPS) is 9.83. The maximum absolute atomic E-state index is 11.0. The lowest BCUT2D eigenvalue weighted by atomic mass is 10.4. The molecule has 0 aromatic heterocycles. The molecule has 0 N–H and O–H groups in total. The smallest absolute Gasteiger partial charge is 0.193 e. The van der Waals surface area contributed by atoms with Gasteiger partial charge in [0.25, 0.3) is 0 Å². The van der Waals surface area contributed by atoms with E-state index in [0.29, 0.717) is 6.42 Å². The molecule has 0 amide bonds. The van der Waals surface area contributed by atoms with Crippen molar-refractivity contribution in [2.24, 2.45) is 0 Å². The first-order valence-electron chi connectivity index (χ1n) is 3.68. The number of halogens is 1. The van der Waals surface area contributed by atoms with Gasteiger partial charge in [0.2, 0.25) is 0 Å². The van der Waals surface area contributed by atoms with Crippen LogP contribution in [0.2, 0.25) is 0 Å². The van der Waals surface area contributed by atoms with E-state index in [1.807, 2.05) is 31.2 Å². The average Bonchev–Trinajstić information content (AvgIpc) is 2.04. The highest BCUT2D eigenvalue weighted by Gasteiger charge is 2.00. The van der Waals surface area contributed by atoms with Crippen LogP contribution >= 0.6 is 27.7 Å². The molecule has 0 radical (unpaired) electrons. The van der Waals surface area contributed by atoms with Gasteiger partial charge >= 0.3 is 0 Å². The summed E-state index contributed by atoms with van der Waals surface area (Å²) in [6.07, 6.45) is 0.581. The second-order valence-electron chi connectivity index (χ2n) is 2.28. The van der Waals surface area contributed by atoms with Crippen LogP contribution in [0, 0.1) is 0 Å². The van der Waals surface area contributed by atoms with Gasteiger partial charge in [-0.05, 0) is 18.2 Å². The second-order valence-corrected chi connectivity index (χ2v) is 4.33. The van der Waals surface area contributed by atoms with Crippen molar-refractivity contribution in [3.63, 3.8) is 0 Å². The third-order valence-electron chi connectivity index (χ3n) is 1.32. The van der Waals surface area contributed by atoms with E-state index < -0.39 is 0 Å². The summed E-state index contributed by atoms with van der Waals surface area (Å²) in [7, 11) is 0. The first-order valence-corrected chi connectivity index (χ1v) is 5.29. The molecule has 0 fully saturated rings. The lowest BCUT2D eigenvalue weighted by Crippen LogP contribution is -1.86. The highest BCUT2D eigenvalue weighted by atomic mass is 79.9. The van der Waals surface area contributed by atoms with Gasteiger partial charge < -0.3 is 0 Å². The highest BCUT2D eigenvalue weighted by molar-refractivity contribution is 9.10. The molecule has 1 aromatic carbocycles. The fraction of sp³-hybridized carbons (Fsp3) is 0.222. The van der Waals surface area contributed by atoms with E-state index in [1.54, 1.807) is 0 Å². The number of thioether (sulfide) groups is 1. The van der Waals surface area contributed by atoms with Gasteiger partial charge in [0.15, 0.2) is 5.12 Å². The van der Waals surface area contributed by atoms with E-state index in [9.17, 15) is 4.79 Å². The SMILES string of the molecule is CCC(=O)Sc1cccc(Br)c1. The van der Waals surface area contributed by atoms with Gasteiger partial charge in [-0.3, -0.25) is 4.79 Å². The van der Waals surface area contributed by atoms with Crippen LogP contribution in [0.15, 0.2) is 33.6 Å². The van der Waals surface area contributed by atoms with Gasteiger partial charge in [0.05, 0.1) is 0 Å². The average molecular weight is 245 g/mol. The van der Waals surface area contributed by atoms with Gasteiger partial charge in [-0.25, -0.2) is 0 Å². The number of rotatable bonds is 2. The molecule has 3 heteroatoms. The molecule has 0 aliphatic heterocycles. The summed E-state index contributed by atoms with van der Waals surface area (Å²) in [5.74, 6) is 0. The zero-order valence-electron chi connectivity index (χ0n) is 6.71. The number of carbonyl (C=O) groups is 1. The maximum atomic E-state index is 11.0. The number of benzene rings is 1. The Morgan fingerprint density at radius 1 is 1.58 bits per heavy atom. The summed E-state index contributed by atoms with van der Waals surface area (Å²) in [6, 6.07) is 7.75. The largest absolute Gasteiger partial charge is 0.287 e. The molecule has 0 unspecified atom stereocenters. The number of hydrogen-bond donors (Lipinski definition) is 0. The zero-order chi connectivity index (χ0) is 8.97. The molecule has 64 valence electrons. The van der Waals surface area contributed by atoms with Crippen molar-refractivity contribution >= 4 is 32.8 Å². The molecular weight excluding hydrogens is 236 g/mol. The van der Waals surface area contributed by atoms with Crippen molar-refractivity contribution in [2.45, 2.75) is 18.2 Å². The van der Waals surface area contributed by atoms with Gasteiger partial charge in [0.1, 0.15) is 0 Å². The monoisotopic (exact) mass is 244 g/mol. The van der Waals surface area contributed by atoms with E-state index in [-0.39, 0.29) is 5.12 Å². The Bertz CT molecular complexity index is 286. The zero-order valence-corrected chi connectivity index (χ0v) is 9.11. The highest BCUT2D eigenvalue weighted by Crippen LogP contribution is 2.23. The van der Waals surface area contributed by atoms with Gasteiger partial charge in [0, 0.05) is 15.8 Å². The molecule has 12 heavy (non-hydrogen) atoms. The minimum Gasteiger partial charge on any atom is -0.287 e. The summed E-state index contributed by atoms with van der Waals surface area (Å²) in [4.78, 5) is 12.0. The van der Waals surface area contributed by atoms with E-state index in [0.717, 1.165) is 9.37 Å². The van der Waals surface area contributed by atoms with Crippen LogP contribution < -0.4 is 0 Å². The number of hydrogen-bond acceptors (Lipinski definition) is 2. The molecule has 1 aromatic rings. The molecule has 0 atom stereocenters. The standard InChI is InChI=1S/C9H9BrOS/c1-2-9(11)12-8-5-3-4-7(10)6-8/h3-6H,2H2,1H3. The topological polar surface area (TPSA) is 17.1 Å². The van der Waals surface area contributed by atoms with Crippen molar-refractivity contribution < 1.29 is 4.79 Å². The summed E-state index contributed by atoms with van der Waals surface area (Å²) in [5, 5.41) is 0.202.